The molecule has 0 unspecified atom stereocenters. The van der Waals surface area contributed by atoms with Gasteiger partial charge in [-0.05, 0) is 43.9 Å². The number of aromatic nitrogens is 1. The number of hydrogen-bond acceptors (Lipinski definition) is 3. The van der Waals surface area contributed by atoms with Crippen molar-refractivity contribution in [1.82, 2.24) is 10.5 Å². The van der Waals surface area contributed by atoms with Crippen molar-refractivity contribution >= 4 is 16.9 Å². The van der Waals surface area contributed by atoms with Gasteiger partial charge in [0.2, 0.25) is 5.91 Å². The van der Waals surface area contributed by atoms with Gasteiger partial charge in [-0.25, -0.2) is 0 Å². The van der Waals surface area contributed by atoms with Crippen LogP contribution in [0.2, 0.25) is 0 Å². The Kier molecular flexibility index (Phi) is 3.95. The van der Waals surface area contributed by atoms with E-state index in [1.54, 1.807) is 0 Å². The fraction of sp³-hybridized carbons (Fsp3) is 0.529. The number of rotatable bonds is 3. The van der Waals surface area contributed by atoms with E-state index in [1.165, 1.54) is 19.3 Å². The molecule has 1 heterocycles. The van der Waals surface area contributed by atoms with Crippen LogP contribution in [0.4, 0.5) is 0 Å². The van der Waals surface area contributed by atoms with Crippen molar-refractivity contribution in [3.05, 3.63) is 29.0 Å². The van der Waals surface area contributed by atoms with Gasteiger partial charge in [0.05, 0.1) is 6.42 Å². The van der Waals surface area contributed by atoms with E-state index in [-0.39, 0.29) is 5.91 Å². The third-order valence-corrected chi connectivity index (χ3v) is 4.28. The van der Waals surface area contributed by atoms with E-state index in [0.29, 0.717) is 12.5 Å². The summed E-state index contributed by atoms with van der Waals surface area (Å²) in [5, 5.41) is 8.21. The lowest BCUT2D eigenvalue weighted by molar-refractivity contribution is -0.121. The Labute approximate surface area is 124 Å². The molecule has 3 rings (SSSR count). The molecule has 0 atom stereocenters. The fourth-order valence-corrected chi connectivity index (χ4v) is 3.32. The van der Waals surface area contributed by atoms with Gasteiger partial charge in [-0.15, -0.1) is 0 Å². The number of fused-ring (bicyclic) bond motifs is 1. The molecule has 112 valence electrons. The molecule has 1 aliphatic rings. The van der Waals surface area contributed by atoms with Crippen molar-refractivity contribution in [3.63, 3.8) is 0 Å². The topological polar surface area (TPSA) is 55.1 Å². The lowest BCUT2D eigenvalue weighted by atomic mass is 9.95. The lowest BCUT2D eigenvalue weighted by Crippen LogP contribution is -2.37. The first-order chi connectivity index (χ1) is 10.1. The summed E-state index contributed by atoms with van der Waals surface area (Å²) in [6.45, 7) is 4.07. The highest BCUT2D eigenvalue weighted by Crippen LogP contribution is 2.24. The molecule has 0 aliphatic heterocycles. The standard InChI is InChI=1S/C17H22N2O2/c1-11-8-12(2)17-14(19-21-15(17)9-11)10-16(20)18-13-6-4-3-5-7-13/h8-9,13H,3-7,10H2,1-2H3,(H,18,20). The molecule has 1 aromatic heterocycles. The first kappa shape index (κ1) is 14.1. The summed E-state index contributed by atoms with van der Waals surface area (Å²) >= 11 is 0. The SMILES string of the molecule is Cc1cc(C)c2c(CC(=O)NC3CCCCC3)noc2c1. The quantitative estimate of drug-likeness (QED) is 0.940. The number of nitrogens with zero attached hydrogens (tertiary/aromatic N) is 1. The van der Waals surface area contributed by atoms with Gasteiger partial charge in [-0.1, -0.05) is 30.5 Å². The van der Waals surface area contributed by atoms with Gasteiger partial charge in [0.1, 0.15) is 5.69 Å². The summed E-state index contributed by atoms with van der Waals surface area (Å²) < 4.78 is 5.37. The zero-order valence-electron chi connectivity index (χ0n) is 12.7. The van der Waals surface area contributed by atoms with E-state index >= 15 is 0 Å². The monoisotopic (exact) mass is 286 g/mol. The molecule has 4 heteroatoms. The number of nitrogens with one attached hydrogen (secondary N) is 1. The minimum absolute atomic E-state index is 0.0528. The van der Waals surface area contributed by atoms with Crippen LogP contribution in [0.5, 0.6) is 0 Å². The Balaban J connectivity index is 1.74. The van der Waals surface area contributed by atoms with Crippen LogP contribution in [0.1, 0.15) is 48.9 Å². The first-order valence-electron chi connectivity index (χ1n) is 7.78. The van der Waals surface area contributed by atoms with Gasteiger partial charge in [0.15, 0.2) is 5.58 Å². The molecular weight excluding hydrogens is 264 g/mol. The van der Waals surface area contributed by atoms with Crippen LogP contribution in [-0.4, -0.2) is 17.1 Å². The van der Waals surface area contributed by atoms with Crippen LogP contribution in [-0.2, 0) is 11.2 Å². The zero-order chi connectivity index (χ0) is 14.8. The summed E-state index contributed by atoms with van der Waals surface area (Å²) in [4.78, 5) is 12.2. The van der Waals surface area contributed by atoms with E-state index in [1.807, 2.05) is 19.9 Å². The van der Waals surface area contributed by atoms with Gasteiger partial charge in [0, 0.05) is 11.4 Å². The Morgan fingerprint density at radius 1 is 1.29 bits per heavy atom. The molecule has 0 radical (unpaired) electrons. The van der Waals surface area contributed by atoms with E-state index in [9.17, 15) is 4.79 Å². The number of aryl methyl sites for hydroxylation is 2. The maximum absolute atomic E-state index is 12.2. The molecule has 1 aliphatic carbocycles. The number of carbonyl (C=O) groups is 1. The zero-order valence-corrected chi connectivity index (χ0v) is 12.7. The van der Waals surface area contributed by atoms with Crippen molar-refractivity contribution in [2.24, 2.45) is 0 Å². The third-order valence-electron chi connectivity index (χ3n) is 4.28. The van der Waals surface area contributed by atoms with E-state index < -0.39 is 0 Å². The molecule has 1 aromatic carbocycles. The molecular formula is C17H22N2O2. The van der Waals surface area contributed by atoms with Crippen LogP contribution in [0.25, 0.3) is 11.0 Å². The smallest absolute Gasteiger partial charge is 0.226 e. The van der Waals surface area contributed by atoms with E-state index in [0.717, 1.165) is 40.6 Å². The summed E-state index contributed by atoms with van der Waals surface area (Å²) in [6.07, 6.45) is 6.23. The maximum Gasteiger partial charge on any atom is 0.226 e. The van der Waals surface area contributed by atoms with Crippen LogP contribution in [0.3, 0.4) is 0 Å². The second-order valence-corrected chi connectivity index (χ2v) is 6.16. The summed E-state index contributed by atoms with van der Waals surface area (Å²) in [6, 6.07) is 4.41. The molecule has 4 nitrogen and oxygen atoms in total. The van der Waals surface area contributed by atoms with Crippen LogP contribution >= 0.6 is 0 Å². The van der Waals surface area contributed by atoms with Crippen molar-refractivity contribution in [3.8, 4) is 0 Å². The summed E-state index contributed by atoms with van der Waals surface area (Å²) in [5.74, 6) is 0.0528. The van der Waals surface area contributed by atoms with Crippen LogP contribution in [0, 0.1) is 13.8 Å². The van der Waals surface area contributed by atoms with Crippen LogP contribution in [0.15, 0.2) is 16.7 Å². The molecule has 1 amide bonds. The minimum Gasteiger partial charge on any atom is -0.356 e. The van der Waals surface area contributed by atoms with Gasteiger partial charge >= 0.3 is 0 Å². The molecule has 21 heavy (non-hydrogen) atoms. The Bertz CT molecular complexity index is 654. The van der Waals surface area contributed by atoms with E-state index in [4.69, 9.17) is 4.52 Å². The number of amides is 1. The molecule has 0 saturated heterocycles. The molecule has 2 aromatic rings. The number of carbonyl (C=O) groups excluding carboxylic acids is 1. The Morgan fingerprint density at radius 3 is 2.81 bits per heavy atom. The van der Waals surface area contributed by atoms with Gasteiger partial charge in [-0.2, -0.15) is 0 Å². The highest BCUT2D eigenvalue weighted by molar-refractivity contribution is 5.88. The second-order valence-electron chi connectivity index (χ2n) is 6.16. The van der Waals surface area contributed by atoms with E-state index in [2.05, 4.69) is 16.5 Å². The second kappa shape index (κ2) is 5.88. The Morgan fingerprint density at radius 2 is 2.05 bits per heavy atom. The number of hydrogen-bond donors (Lipinski definition) is 1. The largest absolute Gasteiger partial charge is 0.356 e. The van der Waals surface area contributed by atoms with Crippen molar-refractivity contribution in [1.29, 1.82) is 0 Å². The minimum atomic E-state index is 0.0528. The van der Waals surface area contributed by atoms with Crippen molar-refractivity contribution in [2.75, 3.05) is 0 Å². The highest BCUT2D eigenvalue weighted by atomic mass is 16.5. The third kappa shape index (κ3) is 3.09. The fourth-order valence-electron chi connectivity index (χ4n) is 3.32. The molecule has 1 N–H and O–H groups in total. The van der Waals surface area contributed by atoms with Crippen LogP contribution < -0.4 is 5.32 Å². The van der Waals surface area contributed by atoms with Crippen molar-refractivity contribution in [2.45, 2.75) is 58.4 Å². The molecule has 0 bridgehead atoms. The normalized spacial score (nSPS) is 16.3. The lowest BCUT2D eigenvalue weighted by Gasteiger charge is -2.22. The average molecular weight is 286 g/mol. The summed E-state index contributed by atoms with van der Waals surface area (Å²) in [7, 11) is 0. The first-order valence-corrected chi connectivity index (χ1v) is 7.78. The highest BCUT2D eigenvalue weighted by Gasteiger charge is 2.19. The average Bonchev–Trinajstić information content (AvgIpc) is 2.82. The maximum atomic E-state index is 12.2. The van der Waals surface area contributed by atoms with Gasteiger partial charge in [-0.3, -0.25) is 4.79 Å². The Hall–Kier alpha value is -1.84. The van der Waals surface area contributed by atoms with Gasteiger partial charge in [0.25, 0.3) is 0 Å². The molecule has 0 spiro atoms. The van der Waals surface area contributed by atoms with Crippen molar-refractivity contribution < 1.29 is 9.32 Å². The van der Waals surface area contributed by atoms with Gasteiger partial charge < -0.3 is 9.84 Å². The summed E-state index contributed by atoms with van der Waals surface area (Å²) in [5.41, 5.74) is 3.78. The molecule has 1 saturated carbocycles. The predicted octanol–water partition coefficient (Wildman–Crippen LogP) is 3.44. The molecule has 1 fully saturated rings. The number of benzene rings is 1. The predicted molar refractivity (Wildman–Crippen MR) is 82.2 cm³/mol.